The minimum absolute atomic E-state index is 0.0305. The fourth-order valence-electron chi connectivity index (χ4n) is 2.43. The van der Waals surface area contributed by atoms with Crippen LogP contribution < -0.4 is 21.7 Å². The Kier molecular flexibility index (Phi) is 10.3. The standard InChI is InChI=1S/C20H30N4O6/c1-12(2)17(24-16(25)9-10-29-4)19(27)22-13(3)18(26)23-15-7-5-14(6-8-15)11-30-20(21)28/h5-8,12-13,17H,9-11H2,1-4H3,(H2,21,28)(H,22,27)(H,23,26)(H,24,25)/t13-,17-/m0/s1. The van der Waals surface area contributed by atoms with Crippen LogP contribution in [0.25, 0.3) is 0 Å². The summed E-state index contributed by atoms with van der Waals surface area (Å²) in [5.74, 6) is -1.33. The zero-order valence-corrected chi connectivity index (χ0v) is 17.7. The van der Waals surface area contributed by atoms with Crippen molar-refractivity contribution in [1.29, 1.82) is 0 Å². The number of amides is 4. The van der Waals surface area contributed by atoms with Crippen molar-refractivity contribution in [3.05, 3.63) is 29.8 Å². The monoisotopic (exact) mass is 422 g/mol. The summed E-state index contributed by atoms with van der Waals surface area (Å²) in [6.07, 6.45) is -0.727. The molecule has 5 N–H and O–H groups in total. The van der Waals surface area contributed by atoms with Gasteiger partial charge < -0.3 is 31.2 Å². The fraction of sp³-hybridized carbons (Fsp3) is 0.500. The number of rotatable bonds is 11. The molecule has 1 aromatic carbocycles. The van der Waals surface area contributed by atoms with Gasteiger partial charge in [-0.1, -0.05) is 26.0 Å². The maximum Gasteiger partial charge on any atom is 0.404 e. The molecule has 0 radical (unpaired) electrons. The number of nitrogens with one attached hydrogen (secondary N) is 3. The molecular weight excluding hydrogens is 392 g/mol. The van der Waals surface area contributed by atoms with E-state index in [4.69, 9.17) is 10.5 Å². The van der Waals surface area contributed by atoms with E-state index in [1.165, 1.54) is 7.11 Å². The summed E-state index contributed by atoms with van der Waals surface area (Å²) in [6.45, 7) is 5.43. The van der Waals surface area contributed by atoms with Crippen molar-refractivity contribution in [3.8, 4) is 0 Å². The van der Waals surface area contributed by atoms with Gasteiger partial charge in [-0.25, -0.2) is 4.79 Å². The molecule has 0 saturated carbocycles. The predicted octanol–water partition coefficient (Wildman–Crippen LogP) is 0.902. The van der Waals surface area contributed by atoms with E-state index in [-0.39, 0.29) is 31.5 Å². The summed E-state index contributed by atoms with van der Waals surface area (Å²) in [5.41, 5.74) is 6.13. The first-order chi connectivity index (χ1) is 14.1. The third kappa shape index (κ3) is 8.91. The number of primary amides is 1. The average Bonchev–Trinajstić information content (AvgIpc) is 2.69. The fourth-order valence-corrected chi connectivity index (χ4v) is 2.43. The Labute approximate surface area is 175 Å². The lowest BCUT2D eigenvalue weighted by Crippen LogP contribution is -2.53. The van der Waals surface area contributed by atoms with Crippen molar-refractivity contribution >= 4 is 29.5 Å². The van der Waals surface area contributed by atoms with E-state index in [0.717, 1.165) is 0 Å². The number of anilines is 1. The summed E-state index contributed by atoms with van der Waals surface area (Å²) in [6, 6.07) is 5.03. The van der Waals surface area contributed by atoms with Gasteiger partial charge in [-0.15, -0.1) is 0 Å². The van der Waals surface area contributed by atoms with E-state index in [1.807, 2.05) is 0 Å². The third-order valence-electron chi connectivity index (χ3n) is 4.15. The number of carbonyl (C=O) groups excluding carboxylic acids is 4. The van der Waals surface area contributed by atoms with Crippen LogP contribution in [0.4, 0.5) is 10.5 Å². The number of methoxy groups -OCH3 is 1. The number of ether oxygens (including phenoxy) is 2. The van der Waals surface area contributed by atoms with E-state index in [0.29, 0.717) is 11.3 Å². The van der Waals surface area contributed by atoms with Crippen LogP contribution in [0.2, 0.25) is 0 Å². The first-order valence-corrected chi connectivity index (χ1v) is 9.54. The van der Waals surface area contributed by atoms with Crippen LogP contribution in [-0.2, 0) is 30.5 Å². The van der Waals surface area contributed by atoms with E-state index in [1.54, 1.807) is 45.0 Å². The molecule has 0 heterocycles. The number of carbonyl (C=O) groups is 4. The van der Waals surface area contributed by atoms with Crippen molar-refractivity contribution in [2.75, 3.05) is 19.0 Å². The Morgan fingerprint density at radius 2 is 1.63 bits per heavy atom. The molecule has 0 spiro atoms. The molecule has 1 rings (SSSR count). The molecule has 0 aliphatic carbocycles. The second-order valence-electron chi connectivity index (χ2n) is 7.06. The second-order valence-corrected chi connectivity index (χ2v) is 7.06. The third-order valence-corrected chi connectivity index (χ3v) is 4.15. The highest BCUT2D eigenvalue weighted by atomic mass is 16.5. The highest BCUT2D eigenvalue weighted by Crippen LogP contribution is 2.11. The molecule has 0 aliphatic rings. The summed E-state index contributed by atoms with van der Waals surface area (Å²) < 4.78 is 9.55. The van der Waals surface area contributed by atoms with Crippen molar-refractivity contribution in [1.82, 2.24) is 10.6 Å². The van der Waals surface area contributed by atoms with Crippen molar-refractivity contribution < 1.29 is 28.7 Å². The highest BCUT2D eigenvalue weighted by molar-refractivity contribution is 5.98. The van der Waals surface area contributed by atoms with E-state index in [2.05, 4.69) is 20.7 Å². The topological polar surface area (TPSA) is 149 Å². The van der Waals surface area contributed by atoms with Gasteiger partial charge in [0, 0.05) is 19.2 Å². The minimum Gasteiger partial charge on any atom is -0.445 e. The van der Waals surface area contributed by atoms with Gasteiger partial charge in [-0.3, -0.25) is 14.4 Å². The Hall–Kier alpha value is -3.14. The van der Waals surface area contributed by atoms with Gasteiger partial charge in [-0.2, -0.15) is 0 Å². The lowest BCUT2D eigenvalue weighted by Gasteiger charge is -2.23. The second kappa shape index (κ2) is 12.4. The molecule has 1 aromatic rings. The normalized spacial score (nSPS) is 12.6. The predicted molar refractivity (Wildman–Crippen MR) is 110 cm³/mol. The molecule has 0 fully saturated rings. The van der Waals surface area contributed by atoms with Crippen LogP contribution in [0.15, 0.2) is 24.3 Å². The van der Waals surface area contributed by atoms with Gasteiger partial charge in [0.1, 0.15) is 18.7 Å². The molecule has 0 saturated heterocycles. The summed E-state index contributed by atoms with van der Waals surface area (Å²) in [5, 5.41) is 7.97. The summed E-state index contributed by atoms with van der Waals surface area (Å²) in [7, 11) is 1.49. The molecule has 4 amide bonds. The lowest BCUT2D eigenvalue weighted by molar-refractivity contribution is -0.132. The van der Waals surface area contributed by atoms with E-state index in [9.17, 15) is 19.2 Å². The van der Waals surface area contributed by atoms with Crippen LogP contribution in [0.5, 0.6) is 0 Å². The van der Waals surface area contributed by atoms with Crippen molar-refractivity contribution in [3.63, 3.8) is 0 Å². The van der Waals surface area contributed by atoms with Gasteiger partial charge in [0.2, 0.25) is 17.7 Å². The molecule has 0 bridgehead atoms. The maximum atomic E-state index is 12.5. The maximum absolute atomic E-state index is 12.5. The molecule has 2 atom stereocenters. The van der Waals surface area contributed by atoms with Gasteiger partial charge in [0.25, 0.3) is 0 Å². The Balaban J connectivity index is 2.61. The number of hydrogen-bond acceptors (Lipinski definition) is 6. The Morgan fingerprint density at radius 3 is 2.17 bits per heavy atom. The molecule has 10 heteroatoms. The smallest absolute Gasteiger partial charge is 0.404 e. The van der Waals surface area contributed by atoms with Crippen LogP contribution in [-0.4, -0.2) is 49.6 Å². The molecule has 0 aromatic heterocycles. The number of hydrogen-bond donors (Lipinski definition) is 4. The van der Waals surface area contributed by atoms with Gasteiger partial charge >= 0.3 is 6.09 Å². The Morgan fingerprint density at radius 1 is 1.00 bits per heavy atom. The zero-order chi connectivity index (χ0) is 22.7. The van der Waals surface area contributed by atoms with Gasteiger partial charge in [-0.05, 0) is 30.5 Å². The molecule has 166 valence electrons. The largest absolute Gasteiger partial charge is 0.445 e. The van der Waals surface area contributed by atoms with Crippen LogP contribution >= 0.6 is 0 Å². The lowest BCUT2D eigenvalue weighted by atomic mass is 10.0. The van der Waals surface area contributed by atoms with Crippen LogP contribution in [0, 0.1) is 5.92 Å². The van der Waals surface area contributed by atoms with Gasteiger partial charge in [0.15, 0.2) is 0 Å². The summed E-state index contributed by atoms with van der Waals surface area (Å²) >= 11 is 0. The van der Waals surface area contributed by atoms with E-state index >= 15 is 0 Å². The number of benzene rings is 1. The summed E-state index contributed by atoms with van der Waals surface area (Å²) in [4.78, 5) is 47.5. The average molecular weight is 422 g/mol. The SMILES string of the molecule is COCCC(=O)N[C@H](C(=O)N[C@@H](C)C(=O)Nc1ccc(COC(N)=O)cc1)C(C)C. The molecular formula is C20H30N4O6. The minimum atomic E-state index is -0.869. The number of nitrogens with two attached hydrogens (primary N) is 1. The Bertz CT molecular complexity index is 735. The van der Waals surface area contributed by atoms with Crippen LogP contribution in [0.1, 0.15) is 32.8 Å². The van der Waals surface area contributed by atoms with E-state index < -0.39 is 30.0 Å². The highest BCUT2D eigenvalue weighted by Gasteiger charge is 2.26. The first kappa shape index (κ1) is 24.9. The quantitative estimate of drug-likeness (QED) is 0.416. The molecule has 30 heavy (non-hydrogen) atoms. The van der Waals surface area contributed by atoms with Crippen LogP contribution in [0.3, 0.4) is 0 Å². The first-order valence-electron chi connectivity index (χ1n) is 9.54. The molecule has 0 aliphatic heterocycles. The molecule has 10 nitrogen and oxygen atoms in total. The van der Waals surface area contributed by atoms with Gasteiger partial charge in [0.05, 0.1) is 6.61 Å². The molecule has 0 unspecified atom stereocenters. The zero-order valence-electron chi connectivity index (χ0n) is 17.7. The van der Waals surface area contributed by atoms with Crippen molar-refractivity contribution in [2.24, 2.45) is 11.7 Å². The van der Waals surface area contributed by atoms with Crippen molar-refractivity contribution in [2.45, 2.75) is 45.9 Å².